The molecular formula is C21H22ClN3O2S2. The van der Waals surface area contributed by atoms with Crippen LogP contribution in [0.25, 0.3) is 16.3 Å². The summed E-state index contributed by atoms with van der Waals surface area (Å²) in [5.41, 5.74) is 1.92. The van der Waals surface area contributed by atoms with E-state index in [0.29, 0.717) is 16.7 Å². The van der Waals surface area contributed by atoms with Gasteiger partial charge >= 0.3 is 0 Å². The zero-order valence-corrected chi connectivity index (χ0v) is 18.5. The second-order valence-corrected chi connectivity index (χ2v) is 9.20. The van der Waals surface area contributed by atoms with Gasteiger partial charge in [0.05, 0.1) is 28.5 Å². The lowest BCUT2D eigenvalue weighted by Gasteiger charge is -2.28. The van der Waals surface area contributed by atoms with Gasteiger partial charge in [0, 0.05) is 37.1 Å². The fourth-order valence-corrected chi connectivity index (χ4v) is 5.17. The lowest BCUT2D eigenvalue weighted by Crippen LogP contribution is -2.42. The van der Waals surface area contributed by atoms with Crippen molar-refractivity contribution in [3.63, 3.8) is 0 Å². The summed E-state index contributed by atoms with van der Waals surface area (Å²) in [4.78, 5) is 23.0. The summed E-state index contributed by atoms with van der Waals surface area (Å²) in [6.07, 6.45) is 3.49. The zero-order valence-electron chi connectivity index (χ0n) is 16.1. The van der Waals surface area contributed by atoms with Crippen LogP contribution in [0.4, 0.5) is 5.13 Å². The van der Waals surface area contributed by atoms with Crippen LogP contribution in [-0.4, -0.2) is 55.2 Å². The predicted octanol–water partition coefficient (Wildman–Crippen LogP) is 4.70. The first-order valence-electron chi connectivity index (χ1n) is 9.50. The molecule has 0 saturated carbocycles. The highest BCUT2D eigenvalue weighted by atomic mass is 35.5. The molecule has 0 atom stereocenters. The Morgan fingerprint density at radius 1 is 1.34 bits per heavy atom. The summed E-state index contributed by atoms with van der Waals surface area (Å²) in [5, 5.41) is 3.35. The number of thiophene rings is 1. The van der Waals surface area contributed by atoms with Crippen molar-refractivity contribution in [2.45, 2.75) is 6.92 Å². The van der Waals surface area contributed by atoms with Crippen LogP contribution in [0.3, 0.4) is 0 Å². The Morgan fingerprint density at radius 3 is 2.90 bits per heavy atom. The average molecular weight is 448 g/mol. The molecule has 152 valence electrons. The molecule has 1 aromatic carbocycles. The molecule has 4 rings (SSSR count). The fraction of sp³-hybridized carbons (Fsp3) is 0.333. The van der Waals surface area contributed by atoms with Crippen molar-refractivity contribution >= 4 is 61.6 Å². The number of carbonyl (C=O) groups excluding carboxylic acids is 1. The highest BCUT2D eigenvalue weighted by Crippen LogP contribution is 2.35. The number of hydrogen-bond acceptors (Lipinski definition) is 6. The van der Waals surface area contributed by atoms with Gasteiger partial charge in [-0.1, -0.05) is 35.1 Å². The molecule has 8 heteroatoms. The van der Waals surface area contributed by atoms with E-state index in [1.807, 2.05) is 42.6 Å². The molecule has 3 heterocycles. The van der Waals surface area contributed by atoms with E-state index in [4.69, 9.17) is 21.3 Å². The highest BCUT2D eigenvalue weighted by molar-refractivity contribution is 7.23. The number of aryl methyl sites for hydroxylation is 1. The number of halogens is 1. The third kappa shape index (κ3) is 4.87. The van der Waals surface area contributed by atoms with Gasteiger partial charge in [-0.05, 0) is 36.1 Å². The molecule has 0 aliphatic carbocycles. The van der Waals surface area contributed by atoms with Crippen LogP contribution in [0.1, 0.15) is 10.4 Å². The molecule has 0 bridgehead atoms. The summed E-state index contributed by atoms with van der Waals surface area (Å²) in [7, 11) is 0. The lowest BCUT2D eigenvalue weighted by atomic mass is 10.2. The number of carbonyl (C=O) groups is 1. The Labute approximate surface area is 183 Å². The van der Waals surface area contributed by atoms with Gasteiger partial charge < -0.3 is 4.74 Å². The summed E-state index contributed by atoms with van der Waals surface area (Å²) < 4.78 is 6.35. The second kappa shape index (κ2) is 9.36. The van der Waals surface area contributed by atoms with E-state index < -0.39 is 0 Å². The van der Waals surface area contributed by atoms with Crippen molar-refractivity contribution in [1.29, 1.82) is 0 Å². The normalized spacial score (nSPS) is 15.4. The van der Waals surface area contributed by atoms with Crippen molar-refractivity contribution in [1.82, 2.24) is 9.88 Å². The SMILES string of the molecule is Cc1ccc(Cl)c2sc(N(CCN3CCOCC3)C(=O)/C=C/c3cccs3)nc12. The number of amides is 1. The highest BCUT2D eigenvalue weighted by Gasteiger charge is 2.21. The second-order valence-electron chi connectivity index (χ2n) is 6.83. The topological polar surface area (TPSA) is 45.7 Å². The van der Waals surface area contributed by atoms with Crippen LogP contribution >= 0.6 is 34.3 Å². The van der Waals surface area contributed by atoms with Crippen LogP contribution in [-0.2, 0) is 9.53 Å². The van der Waals surface area contributed by atoms with Crippen molar-refractivity contribution in [2.75, 3.05) is 44.3 Å². The number of morpholine rings is 1. The number of benzene rings is 1. The van der Waals surface area contributed by atoms with E-state index in [-0.39, 0.29) is 5.91 Å². The van der Waals surface area contributed by atoms with Gasteiger partial charge in [-0.2, -0.15) is 0 Å². The molecule has 0 N–H and O–H groups in total. The molecule has 1 aliphatic heterocycles. The van der Waals surface area contributed by atoms with Gasteiger partial charge in [0.1, 0.15) is 0 Å². The molecule has 2 aromatic heterocycles. The molecule has 0 unspecified atom stereocenters. The Morgan fingerprint density at radius 2 is 2.17 bits per heavy atom. The van der Waals surface area contributed by atoms with E-state index in [1.54, 1.807) is 22.3 Å². The first-order valence-corrected chi connectivity index (χ1v) is 11.6. The number of ether oxygens (including phenoxy) is 1. The van der Waals surface area contributed by atoms with Crippen molar-refractivity contribution in [2.24, 2.45) is 0 Å². The smallest absolute Gasteiger partial charge is 0.252 e. The molecule has 1 amide bonds. The Kier molecular flexibility index (Phi) is 6.62. The molecule has 0 spiro atoms. The minimum atomic E-state index is -0.0699. The first kappa shape index (κ1) is 20.5. The van der Waals surface area contributed by atoms with Crippen molar-refractivity contribution in [3.05, 3.63) is 51.2 Å². The summed E-state index contributed by atoms with van der Waals surface area (Å²) in [6.45, 7) is 6.62. The quantitative estimate of drug-likeness (QED) is 0.514. The third-order valence-electron chi connectivity index (χ3n) is 4.86. The van der Waals surface area contributed by atoms with Gasteiger partial charge in [0.15, 0.2) is 5.13 Å². The molecule has 3 aromatic rings. The third-order valence-corrected chi connectivity index (χ3v) is 7.24. The first-order chi connectivity index (χ1) is 14.1. The van der Waals surface area contributed by atoms with E-state index in [1.165, 1.54) is 11.3 Å². The lowest BCUT2D eigenvalue weighted by molar-refractivity contribution is -0.114. The van der Waals surface area contributed by atoms with Crippen LogP contribution in [0.5, 0.6) is 0 Å². The average Bonchev–Trinajstić information content (AvgIpc) is 3.41. The van der Waals surface area contributed by atoms with Crippen LogP contribution in [0.15, 0.2) is 35.7 Å². The minimum Gasteiger partial charge on any atom is -0.379 e. The van der Waals surface area contributed by atoms with Crippen molar-refractivity contribution in [3.8, 4) is 0 Å². The number of aromatic nitrogens is 1. The van der Waals surface area contributed by atoms with Crippen molar-refractivity contribution < 1.29 is 9.53 Å². The summed E-state index contributed by atoms with van der Waals surface area (Å²) in [5.74, 6) is -0.0699. The summed E-state index contributed by atoms with van der Waals surface area (Å²) in [6, 6.07) is 7.82. The van der Waals surface area contributed by atoms with Gasteiger partial charge in [0.2, 0.25) is 0 Å². The standard InChI is InChI=1S/C21H22ClN3O2S2/c1-15-4-6-17(22)20-19(15)23-21(29-20)25(9-8-24-10-12-27-13-11-24)18(26)7-5-16-3-2-14-28-16/h2-7,14H,8-13H2,1H3/b7-5+. The Balaban J connectivity index is 1.60. The Bertz CT molecular complexity index is 972. The van der Waals surface area contributed by atoms with Crippen LogP contribution in [0.2, 0.25) is 5.02 Å². The number of fused-ring (bicyclic) bond motifs is 1. The van der Waals surface area contributed by atoms with E-state index in [2.05, 4.69) is 4.90 Å². The fourth-order valence-electron chi connectivity index (χ4n) is 3.20. The predicted molar refractivity (Wildman–Crippen MR) is 122 cm³/mol. The molecule has 0 radical (unpaired) electrons. The monoisotopic (exact) mass is 447 g/mol. The Hall–Kier alpha value is -1.77. The minimum absolute atomic E-state index is 0.0699. The largest absolute Gasteiger partial charge is 0.379 e. The summed E-state index contributed by atoms with van der Waals surface area (Å²) >= 11 is 9.46. The molecule has 1 fully saturated rings. The maximum atomic E-state index is 13.1. The van der Waals surface area contributed by atoms with E-state index in [0.717, 1.165) is 53.5 Å². The number of hydrogen-bond donors (Lipinski definition) is 0. The molecule has 5 nitrogen and oxygen atoms in total. The maximum absolute atomic E-state index is 13.1. The van der Waals surface area contributed by atoms with Gasteiger partial charge in [0.25, 0.3) is 5.91 Å². The molecule has 29 heavy (non-hydrogen) atoms. The molecular weight excluding hydrogens is 426 g/mol. The van der Waals surface area contributed by atoms with Crippen LogP contribution < -0.4 is 4.90 Å². The van der Waals surface area contributed by atoms with Crippen LogP contribution in [0, 0.1) is 6.92 Å². The van der Waals surface area contributed by atoms with Gasteiger partial charge in [-0.3, -0.25) is 14.6 Å². The number of anilines is 1. The van der Waals surface area contributed by atoms with Gasteiger partial charge in [-0.25, -0.2) is 4.98 Å². The number of thiazole rings is 1. The maximum Gasteiger partial charge on any atom is 0.252 e. The zero-order chi connectivity index (χ0) is 20.2. The van der Waals surface area contributed by atoms with E-state index >= 15 is 0 Å². The number of nitrogens with zero attached hydrogens (tertiary/aromatic N) is 3. The molecule has 1 saturated heterocycles. The number of rotatable bonds is 6. The van der Waals surface area contributed by atoms with Gasteiger partial charge in [-0.15, -0.1) is 11.3 Å². The molecule has 1 aliphatic rings. The van der Waals surface area contributed by atoms with E-state index in [9.17, 15) is 4.79 Å².